The fourth-order valence-electron chi connectivity index (χ4n) is 4.72. The third-order valence-corrected chi connectivity index (χ3v) is 6.87. The lowest BCUT2D eigenvalue weighted by Crippen LogP contribution is -2.23. The van der Waals surface area contributed by atoms with E-state index in [-0.39, 0.29) is 11.7 Å². The highest BCUT2D eigenvalue weighted by molar-refractivity contribution is 6.06. The quantitative estimate of drug-likeness (QED) is 0.363. The summed E-state index contributed by atoms with van der Waals surface area (Å²) < 4.78 is 13.2. The number of pyridine rings is 1. The van der Waals surface area contributed by atoms with E-state index in [1.54, 1.807) is 24.3 Å². The Bertz CT molecular complexity index is 1330. The van der Waals surface area contributed by atoms with Gasteiger partial charge in [-0.25, -0.2) is 4.39 Å². The van der Waals surface area contributed by atoms with Gasteiger partial charge in [0.05, 0.1) is 5.52 Å². The second-order valence-electron chi connectivity index (χ2n) is 9.04. The summed E-state index contributed by atoms with van der Waals surface area (Å²) in [6.07, 6.45) is 4.50. The average molecular weight is 454 g/mol. The zero-order valence-corrected chi connectivity index (χ0v) is 19.5. The number of amides is 1. The molecule has 1 aliphatic heterocycles. The summed E-state index contributed by atoms with van der Waals surface area (Å²) >= 11 is 0. The molecule has 1 amide bonds. The number of aromatic nitrogens is 1. The van der Waals surface area contributed by atoms with Crippen molar-refractivity contribution >= 4 is 22.5 Å². The van der Waals surface area contributed by atoms with Crippen molar-refractivity contribution in [2.75, 3.05) is 18.4 Å². The highest BCUT2D eigenvalue weighted by Crippen LogP contribution is 2.30. The summed E-state index contributed by atoms with van der Waals surface area (Å²) in [5.74, 6) is -0.440. The molecule has 1 atom stereocenters. The minimum absolute atomic E-state index is 0.174. The van der Waals surface area contributed by atoms with Crippen molar-refractivity contribution in [1.29, 1.82) is 0 Å². The first-order valence-corrected chi connectivity index (χ1v) is 11.8. The number of carbonyl (C=O) groups excluding carboxylic acids is 1. The van der Waals surface area contributed by atoms with E-state index in [1.807, 2.05) is 37.4 Å². The van der Waals surface area contributed by atoms with Crippen molar-refractivity contribution in [2.45, 2.75) is 32.7 Å². The third kappa shape index (κ3) is 4.44. The lowest BCUT2D eigenvalue weighted by Gasteiger charge is -2.24. The predicted octanol–water partition coefficient (Wildman–Crippen LogP) is 6.76. The Morgan fingerprint density at radius 2 is 1.62 bits per heavy atom. The van der Waals surface area contributed by atoms with Crippen molar-refractivity contribution in [3.63, 3.8) is 0 Å². The van der Waals surface area contributed by atoms with Gasteiger partial charge in [0.25, 0.3) is 5.91 Å². The normalized spacial score (nSPS) is 14.9. The van der Waals surface area contributed by atoms with Crippen LogP contribution in [0.4, 0.5) is 10.1 Å². The molecule has 172 valence electrons. The molecule has 1 aliphatic rings. The zero-order chi connectivity index (χ0) is 23.7. The molecule has 1 unspecified atom stereocenters. The van der Waals surface area contributed by atoms with Crippen molar-refractivity contribution in [2.24, 2.45) is 0 Å². The number of rotatable bonds is 5. The molecule has 3 aromatic carbocycles. The Morgan fingerprint density at radius 3 is 2.29 bits per heavy atom. The molecule has 1 saturated heterocycles. The molecule has 0 spiro atoms. The van der Waals surface area contributed by atoms with Crippen LogP contribution in [0, 0.1) is 12.7 Å². The Balaban J connectivity index is 1.33. The van der Waals surface area contributed by atoms with Gasteiger partial charge >= 0.3 is 0 Å². The third-order valence-electron chi connectivity index (χ3n) is 6.87. The number of nitrogens with one attached hydrogen (secondary N) is 1. The van der Waals surface area contributed by atoms with Gasteiger partial charge in [-0.1, -0.05) is 30.3 Å². The number of halogens is 1. The molecular formula is C29H28FN3O. The fourth-order valence-corrected chi connectivity index (χ4v) is 4.72. The summed E-state index contributed by atoms with van der Waals surface area (Å²) in [4.78, 5) is 20.2. The van der Waals surface area contributed by atoms with Crippen molar-refractivity contribution in [3.8, 4) is 11.1 Å². The van der Waals surface area contributed by atoms with Crippen LogP contribution >= 0.6 is 0 Å². The lowest BCUT2D eigenvalue weighted by atomic mass is 10.0. The Labute approximate surface area is 199 Å². The smallest absolute Gasteiger partial charge is 0.255 e. The van der Waals surface area contributed by atoms with Crippen LogP contribution in [0.5, 0.6) is 0 Å². The highest BCUT2D eigenvalue weighted by atomic mass is 19.1. The molecule has 0 saturated carbocycles. The van der Waals surface area contributed by atoms with Gasteiger partial charge in [-0.15, -0.1) is 0 Å². The first kappa shape index (κ1) is 22.2. The standard InChI is InChI=1S/C29H28FN3O/c1-19-27(14-11-24-17-25(18-31-28(19)24)20(2)33-15-3-4-16-33)32-29(34)23-7-5-21(6-8-23)22-9-12-26(30)13-10-22/h5-14,17-18,20H,3-4,15-16H2,1-2H3,(H,32,34). The SMILES string of the molecule is Cc1c(NC(=O)c2ccc(-c3ccc(F)cc3)cc2)ccc2cc(C(C)N3CCCC3)cnc12. The Kier molecular flexibility index (Phi) is 6.12. The van der Waals surface area contributed by atoms with E-state index in [2.05, 4.69) is 23.2 Å². The van der Waals surface area contributed by atoms with Crippen molar-refractivity contribution in [3.05, 3.63) is 95.4 Å². The summed E-state index contributed by atoms with van der Waals surface area (Å²) in [5, 5.41) is 4.12. The van der Waals surface area contributed by atoms with Gasteiger partial charge < -0.3 is 5.32 Å². The van der Waals surface area contributed by atoms with Crippen LogP contribution < -0.4 is 5.32 Å². The number of nitrogens with zero attached hydrogens (tertiary/aromatic N) is 2. The molecule has 1 fully saturated rings. The maximum atomic E-state index is 13.2. The molecule has 4 nitrogen and oxygen atoms in total. The van der Waals surface area contributed by atoms with Gasteiger partial charge in [-0.05, 0) is 98.4 Å². The minimum atomic E-state index is -0.266. The van der Waals surface area contributed by atoms with E-state index in [0.717, 1.165) is 46.4 Å². The first-order chi connectivity index (χ1) is 16.5. The van der Waals surface area contributed by atoms with Crippen LogP contribution in [0.25, 0.3) is 22.0 Å². The number of benzene rings is 3. The Hall–Kier alpha value is -3.57. The molecule has 1 N–H and O–H groups in total. The van der Waals surface area contributed by atoms with Gasteiger partial charge in [-0.2, -0.15) is 0 Å². The van der Waals surface area contributed by atoms with Gasteiger partial charge in [0.1, 0.15) is 5.82 Å². The van der Waals surface area contributed by atoms with Crippen molar-refractivity contribution < 1.29 is 9.18 Å². The Morgan fingerprint density at radius 1 is 0.971 bits per heavy atom. The van der Waals surface area contributed by atoms with Gasteiger partial charge in [0, 0.05) is 28.9 Å². The number of likely N-dealkylation sites (tertiary alicyclic amines) is 1. The lowest BCUT2D eigenvalue weighted by molar-refractivity contribution is 0.102. The molecule has 0 bridgehead atoms. The molecule has 5 heteroatoms. The molecule has 2 heterocycles. The summed E-state index contributed by atoms with van der Waals surface area (Å²) in [6.45, 7) is 6.53. The van der Waals surface area contributed by atoms with Crippen LogP contribution in [0.2, 0.25) is 0 Å². The number of aryl methyl sites for hydroxylation is 1. The second-order valence-corrected chi connectivity index (χ2v) is 9.04. The second kappa shape index (κ2) is 9.35. The van der Waals surface area contributed by atoms with Crippen LogP contribution in [-0.4, -0.2) is 28.9 Å². The maximum Gasteiger partial charge on any atom is 0.255 e. The predicted molar refractivity (Wildman–Crippen MR) is 135 cm³/mol. The molecule has 0 aliphatic carbocycles. The number of anilines is 1. The summed E-state index contributed by atoms with van der Waals surface area (Å²) in [5.41, 5.74) is 6.24. The minimum Gasteiger partial charge on any atom is -0.322 e. The van der Waals surface area contributed by atoms with Gasteiger partial charge in [0.15, 0.2) is 0 Å². The van der Waals surface area contributed by atoms with Crippen LogP contribution in [-0.2, 0) is 0 Å². The van der Waals surface area contributed by atoms with Gasteiger partial charge in [-0.3, -0.25) is 14.7 Å². The monoisotopic (exact) mass is 453 g/mol. The van der Waals surface area contributed by atoms with Crippen LogP contribution in [0.3, 0.4) is 0 Å². The maximum absolute atomic E-state index is 13.2. The molecule has 34 heavy (non-hydrogen) atoms. The molecular weight excluding hydrogens is 425 g/mol. The number of carbonyl (C=O) groups is 1. The summed E-state index contributed by atoms with van der Waals surface area (Å²) in [6, 6.07) is 20.2. The molecule has 4 aromatic rings. The fraction of sp³-hybridized carbons (Fsp3) is 0.241. The number of hydrogen-bond acceptors (Lipinski definition) is 3. The number of hydrogen-bond donors (Lipinski definition) is 1. The van der Waals surface area contributed by atoms with E-state index >= 15 is 0 Å². The van der Waals surface area contributed by atoms with Crippen LogP contribution in [0.1, 0.15) is 47.3 Å². The largest absolute Gasteiger partial charge is 0.322 e. The van der Waals surface area contributed by atoms with E-state index in [4.69, 9.17) is 4.98 Å². The topological polar surface area (TPSA) is 45.2 Å². The highest BCUT2D eigenvalue weighted by Gasteiger charge is 2.20. The molecule has 1 aromatic heterocycles. The van der Waals surface area contributed by atoms with E-state index < -0.39 is 0 Å². The molecule has 5 rings (SSSR count). The van der Waals surface area contributed by atoms with E-state index in [0.29, 0.717) is 11.6 Å². The average Bonchev–Trinajstić information content (AvgIpc) is 3.41. The zero-order valence-electron chi connectivity index (χ0n) is 19.5. The van der Waals surface area contributed by atoms with E-state index in [9.17, 15) is 9.18 Å². The van der Waals surface area contributed by atoms with Crippen LogP contribution in [0.15, 0.2) is 72.9 Å². The van der Waals surface area contributed by atoms with Crippen molar-refractivity contribution in [1.82, 2.24) is 9.88 Å². The summed E-state index contributed by atoms with van der Waals surface area (Å²) in [7, 11) is 0. The first-order valence-electron chi connectivity index (χ1n) is 11.8. The van der Waals surface area contributed by atoms with E-state index in [1.165, 1.54) is 30.5 Å². The molecule has 0 radical (unpaired) electrons. The number of fused-ring (bicyclic) bond motifs is 1. The van der Waals surface area contributed by atoms with Gasteiger partial charge in [0.2, 0.25) is 0 Å².